The molecule has 0 spiro atoms. The van der Waals surface area contributed by atoms with E-state index in [4.69, 9.17) is 9.47 Å². The zero-order valence-electron chi connectivity index (χ0n) is 16.9. The van der Waals surface area contributed by atoms with Crippen LogP contribution >= 0.6 is 0 Å². The molecule has 3 aromatic carbocycles. The van der Waals surface area contributed by atoms with Crippen molar-refractivity contribution in [2.24, 2.45) is 7.05 Å². The van der Waals surface area contributed by atoms with Crippen molar-refractivity contribution in [3.8, 4) is 45.1 Å². The second-order valence-corrected chi connectivity index (χ2v) is 6.90. The molecule has 1 heterocycles. The van der Waals surface area contributed by atoms with Crippen LogP contribution in [0.5, 0.6) is 11.5 Å². The molecule has 0 unspecified atom stereocenters. The lowest BCUT2D eigenvalue weighted by Gasteiger charge is -2.11. The third kappa shape index (κ3) is 3.85. The fourth-order valence-electron chi connectivity index (χ4n) is 3.53. The van der Waals surface area contributed by atoms with Gasteiger partial charge >= 0.3 is 0 Å². The first-order chi connectivity index (χ1) is 14.2. The normalized spacial score (nSPS) is 10.6. The smallest absolute Gasteiger partial charge is 0.213 e. The molecule has 0 fully saturated rings. The van der Waals surface area contributed by atoms with Gasteiger partial charge in [-0.05, 0) is 59.7 Å². The summed E-state index contributed by atoms with van der Waals surface area (Å²) in [7, 11) is 5.48. The molecule has 0 aliphatic rings. The maximum absolute atomic E-state index is 5.32. The van der Waals surface area contributed by atoms with Gasteiger partial charge in [0.25, 0.3) is 0 Å². The highest BCUT2D eigenvalue weighted by molar-refractivity contribution is 5.74. The molecule has 4 rings (SSSR count). The molecule has 0 bridgehead atoms. The topological polar surface area (TPSA) is 22.3 Å². The van der Waals surface area contributed by atoms with Gasteiger partial charge in [-0.1, -0.05) is 30.3 Å². The number of hydrogen-bond acceptors (Lipinski definition) is 2. The van der Waals surface area contributed by atoms with Gasteiger partial charge in [-0.3, -0.25) is 0 Å². The highest BCUT2D eigenvalue weighted by atomic mass is 16.5. The summed E-state index contributed by atoms with van der Waals surface area (Å²) in [6.07, 6.45) is 0. The molecule has 144 valence electrons. The first kappa shape index (κ1) is 18.8. The standard InChI is InChI=1S/C26H24NO2/c1-27-25(20-9-13-23(28-2)14-10-20)17-22(19-7-5-4-6-8-19)18-26(27)21-11-15-24(29-3)16-12-21/h4-18H,1-3H3/q+1. The SMILES string of the molecule is COc1ccc(-c2cc(-c3ccccc3)cc(-c3ccc(OC)cc3)[n+]2C)cc1. The summed E-state index contributed by atoms with van der Waals surface area (Å²) < 4.78 is 12.9. The molecule has 1 aromatic heterocycles. The number of pyridine rings is 1. The molecule has 0 radical (unpaired) electrons. The van der Waals surface area contributed by atoms with E-state index in [1.54, 1.807) is 14.2 Å². The van der Waals surface area contributed by atoms with Crippen molar-refractivity contribution in [3.05, 3.63) is 91.0 Å². The molecule has 0 aliphatic heterocycles. The van der Waals surface area contributed by atoms with Crippen LogP contribution < -0.4 is 14.0 Å². The van der Waals surface area contributed by atoms with Crippen LogP contribution in [0.1, 0.15) is 0 Å². The number of rotatable bonds is 5. The van der Waals surface area contributed by atoms with Crippen LogP contribution in [-0.4, -0.2) is 14.2 Å². The number of ether oxygens (including phenoxy) is 2. The van der Waals surface area contributed by atoms with Crippen molar-refractivity contribution in [1.29, 1.82) is 0 Å². The van der Waals surface area contributed by atoms with Crippen molar-refractivity contribution in [3.63, 3.8) is 0 Å². The highest BCUT2D eigenvalue weighted by Crippen LogP contribution is 2.30. The summed E-state index contributed by atoms with van der Waals surface area (Å²) >= 11 is 0. The molecule has 0 saturated heterocycles. The number of hydrogen-bond donors (Lipinski definition) is 0. The van der Waals surface area contributed by atoms with Crippen molar-refractivity contribution in [2.45, 2.75) is 0 Å². The minimum Gasteiger partial charge on any atom is -0.497 e. The van der Waals surface area contributed by atoms with Gasteiger partial charge in [0.2, 0.25) is 11.4 Å². The molecule has 3 heteroatoms. The van der Waals surface area contributed by atoms with E-state index in [1.165, 1.54) is 11.1 Å². The molecular formula is C26H24NO2+. The lowest BCUT2D eigenvalue weighted by molar-refractivity contribution is -0.649. The summed E-state index contributed by atoms with van der Waals surface area (Å²) in [6.45, 7) is 0. The molecule has 0 N–H and O–H groups in total. The van der Waals surface area contributed by atoms with Crippen molar-refractivity contribution < 1.29 is 14.0 Å². The Morgan fingerprint density at radius 1 is 0.517 bits per heavy atom. The van der Waals surface area contributed by atoms with E-state index in [2.05, 4.69) is 72.3 Å². The van der Waals surface area contributed by atoms with E-state index in [1.807, 2.05) is 30.3 Å². The van der Waals surface area contributed by atoms with E-state index in [9.17, 15) is 0 Å². The van der Waals surface area contributed by atoms with Gasteiger partial charge in [0.1, 0.15) is 18.5 Å². The number of benzene rings is 3. The summed E-state index contributed by atoms with van der Waals surface area (Å²) in [5.41, 5.74) is 6.93. The van der Waals surface area contributed by atoms with E-state index < -0.39 is 0 Å². The summed E-state index contributed by atoms with van der Waals surface area (Å²) in [5.74, 6) is 1.71. The molecule has 4 aromatic rings. The van der Waals surface area contributed by atoms with Crippen LogP contribution in [0.15, 0.2) is 91.0 Å². The van der Waals surface area contributed by atoms with Crippen LogP contribution in [-0.2, 0) is 7.05 Å². The van der Waals surface area contributed by atoms with Crippen LogP contribution in [0.25, 0.3) is 33.6 Å². The molecule has 0 saturated carbocycles. The molecule has 0 atom stereocenters. The molecule has 0 amide bonds. The monoisotopic (exact) mass is 382 g/mol. The Morgan fingerprint density at radius 2 is 0.966 bits per heavy atom. The van der Waals surface area contributed by atoms with E-state index in [0.717, 1.165) is 34.0 Å². The van der Waals surface area contributed by atoms with E-state index in [0.29, 0.717) is 0 Å². The predicted molar refractivity (Wildman–Crippen MR) is 117 cm³/mol. The van der Waals surface area contributed by atoms with Crippen molar-refractivity contribution in [2.75, 3.05) is 14.2 Å². The number of methoxy groups -OCH3 is 2. The highest BCUT2D eigenvalue weighted by Gasteiger charge is 2.19. The fraction of sp³-hybridized carbons (Fsp3) is 0.115. The van der Waals surface area contributed by atoms with Crippen LogP contribution in [0.4, 0.5) is 0 Å². The second kappa shape index (κ2) is 8.19. The molecular weight excluding hydrogens is 358 g/mol. The Kier molecular flexibility index (Phi) is 5.30. The summed E-state index contributed by atoms with van der Waals surface area (Å²) in [6, 6.07) is 31.3. The lowest BCUT2D eigenvalue weighted by Crippen LogP contribution is -2.34. The third-order valence-corrected chi connectivity index (χ3v) is 5.19. The van der Waals surface area contributed by atoms with Gasteiger partial charge in [-0.15, -0.1) is 0 Å². The number of nitrogens with zero attached hydrogens (tertiary/aromatic N) is 1. The first-order valence-corrected chi connectivity index (χ1v) is 9.58. The Hall–Kier alpha value is -3.59. The first-order valence-electron chi connectivity index (χ1n) is 9.58. The summed E-state index contributed by atoms with van der Waals surface area (Å²) in [4.78, 5) is 0. The number of aromatic nitrogens is 1. The van der Waals surface area contributed by atoms with Gasteiger partial charge in [0.05, 0.1) is 14.2 Å². The minimum atomic E-state index is 0.853. The minimum absolute atomic E-state index is 0.853. The maximum Gasteiger partial charge on any atom is 0.213 e. The van der Waals surface area contributed by atoms with Crippen LogP contribution in [0, 0.1) is 0 Å². The maximum atomic E-state index is 5.32. The fourth-order valence-corrected chi connectivity index (χ4v) is 3.53. The van der Waals surface area contributed by atoms with E-state index >= 15 is 0 Å². The average molecular weight is 382 g/mol. The van der Waals surface area contributed by atoms with Gasteiger partial charge in [-0.2, -0.15) is 4.57 Å². The summed E-state index contributed by atoms with van der Waals surface area (Å²) in [5, 5.41) is 0. The lowest BCUT2D eigenvalue weighted by atomic mass is 9.99. The second-order valence-electron chi connectivity index (χ2n) is 6.90. The Balaban J connectivity index is 1.91. The Morgan fingerprint density at radius 3 is 1.38 bits per heavy atom. The van der Waals surface area contributed by atoms with Crippen molar-refractivity contribution in [1.82, 2.24) is 0 Å². The largest absolute Gasteiger partial charge is 0.497 e. The molecule has 0 aliphatic carbocycles. The molecule has 29 heavy (non-hydrogen) atoms. The predicted octanol–water partition coefficient (Wildman–Crippen LogP) is 5.53. The van der Waals surface area contributed by atoms with Gasteiger partial charge in [0.15, 0.2) is 0 Å². The van der Waals surface area contributed by atoms with Gasteiger partial charge in [0, 0.05) is 23.3 Å². The quantitative estimate of drug-likeness (QED) is 0.424. The average Bonchev–Trinajstić information content (AvgIpc) is 2.80. The zero-order chi connectivity index (χ0) is 20.2. The third-order valence-electron chi connectivity index (χ3n) is 5.19. The van der Waals surface area contributed by atoms with Crippen LogP contribution in [0.3, 0.4) is 0 Å². The zero-order valence-corrected chi connectivity index (χ0v) is 16.9. The van der Waals surface area contributed by atoms with Gasteiger partial charge < -0.3 is 9.47 Å². The Labute approximate surface area is 171 Å². The molecule has 3 nitrogen and oxygen atoms in total. The van der Waals surface area contributed by atoms with E-state index in [-0.39, 0.29) is 0 Å². The van der Waals surface area contributed by atoms with Gasteiger partial charge in [-0.25, -0.2) is 0 Å². The van der Waals surface area contributed by atoms with Crippen molar-refractivity contribution >= 4 is 0 Å². The Bertz CT molecular complexity index is 1030. The van der Waals surface area contributed by atoms with Crippen LogP contribution in [0.2, 0.25) is 0 Å².